The lowest BCUT2D eigenvalue weighted by atomic mass is 9.97. The molecule has 18 heavy (non-hydrogen) atoms. The Balaban J connectivity index is 2.54. The van der Waals surface area contributed by atoms with Crippen molar-refractivity contribution in [1.82, 2.24) is 0 Å². The van der Waals surface area contributed by atoms with E-state index in [-0.39, 0.29) is 5.56 Å². The van der Waals surface area contributed by atoms with Crippen LogP contribution in [0.3, 0.4) is 0 Å². The second-order valence-corrected chi connectivity index (χ2v) is 4.48. The zero-order valence-corrected chi connectivity index (χ0v) is 10.4. The molecule has 2 aromatic carbocycles. The lowest BCUT2D eigenvalue weighted by Gasteiger charge is -2.16. The van der Waals surface area contributed by atoms with Crippen LogP contribution in [0.4, 0.5) is 8.78 Å². The van der Waals surface area contributed by atoms with Crippen LogP contribution in [-0.4, -0.2) is 5.11 Å². The number of aryl methyl sites for hydroxylation is 1. The molecule has 1 N–H and O–H groups in total. The van der Waals surface area contributed by atoms with Gasteiger partial charge in [0.2, 0.25) is 0 Å². The van der Waals surface area contributed by atoms with Crippen LogP contribution >= 0.6 is 11.6 Å². The molecule has 1 nitrogen and oxygen atoms in total. The predicted molar refractivity (Wildman–Crippen MR) is 66.6 cm³/mol. The number of halogens is 3. The molecular formula is C14H11ClF2O. The van der Waals surface area contributed by atoms with Gasteiger partial charge in [-0.3, -0.25) is 0 Å². The van der Waals surface area contributed by atoms with E-state index in [0.29, 0.717) is 10.6 Å². The molecule has 1 unspecified atom stereocenters. The van der Waals surface area contributed by atoms with Crippen molar-refractivity contribution in [2.45, 2.75) is 13.0 Å². The lowest BCUT2D eigenvalue weighted by Crippen LogP contribution is -2.07. The standard InChI is InChI=1S/C14H11ClF2O/c1-8-5-6-9(15)7-10(8)14(18)13-11(16)3-2-4-12(13)17/h2-7,14,18H,1H3. The Labute approximate surface area is 109 Å². The molecule has 94 valence electrons. The van der Waals surface area contributed by atoms with Crippen LogP contribution in [0, 0.1) is 18.6 Å². The van der Waals surface area contributed by atoms with E-state index < -0.39 is 17.7 Å². The molecule has 1 atom stereocenters. The molecule has 0 aromatic heterocycles. The van der Waals surface area contributed by atoms with Gasteiger partial charge >= 0.3 is 0 Å². The molecule has 0 aliphatic heterocycles. The largest absolute Gasteiger partial charge is 0.383 e. The second kappa shape index (κ2) is 5.04. The van der Waals surface area contributed by atoms with Crippen LogP contribution in [-0.2, 0) is 0 Å². The van der Waals surface area contributed by atoms with Crippen molar-refractivity contribution in [2.24, 2.45) is 0 Å². The molecular weight excluding hydrogens is 258 g/mol. The van der Waals surface area contributed by atoms with Crippen molar-refractivity contribution in [3.63, 3.8) is 0 Å². The topological polar surface area (TPSA) is 20.2 Å². The molecule has 2 aromatic rings. The van der Waals surface area contributed by atoms with Gasteiger partial charge in [-0.25, -0.2) is 8.78 Å². The summed E-state index contributed by atoms with van der Waals surface area (Å²) in [5.41, 5.74) is 0.754. The first-order valence-electron chi connectivity index (χ1n) is 5.38. The van der Waals surface area contributed by atoms with E-state index in [0.717, 1.165) is 17.7 Å². The zero-order valence-electron chi connectivity index (χ0n) is 9.62. The smallest absolute Gasteiger partial charge is 0.132 e. The number of aliphatic hydroxyl groups excluding tert-OH is 1. The summed E-state index contributed by atoms with van der Waals surface area (Å²) in [6, 6.07) is 8.34. The number of aliphatic hydroxyl groups is 1. The van der Waals surface area contributed by atoms with Crippen molar-refractivity contribution >= 4 is 11.6 Å². The number of rotatable bonds is 2. The highest BCUT2D eigenvalue weighted by Crippen LogP contribution is 2.30. The van der Waals surface area contributed by atoms with Crippen LogP contribution in [0.25, 0.3) is 0 Å². The van der Waals surface area contributed by atoms with Crippen molar-refractivity contribution < 1.29 is 13.9 Å². The maximum absolute atomic E-state index is 13.6. The Morgan fingerprint density at radius 1 is 1.11 bits per heavy atom. The van der Waals surface area contributed by atoms with Crippen LogP contribution in [0.15, 0.2) is 36.4 Å². The third-order valence-electron chi connectivity index (χ3n) is 2.81. The highest BCUT2D eigenvalue weighted by atomic mass is 35.5. The van der Waals surface area contributed by atoms with Crippen molar-refractivity contribution in [2.75, 3.05) is 0 Å². The molecule has 0 aliphatic carbocycles. The first-order valence-corrected chi connectivity index (χ1v) is 5.76. The summed E-state index contributed by atoms with van der Waals surface area (Å²) in [5, 5.41) is 10.5. The number of hydrogen-bond acceptors (Lipinski definition) is 1. The molecule has 4 heteroatoms. The SMILES string of the molecule is Cc1ccc(Cl)cc1C(O)c1c(F)cccc1F. The summed E-state index contributed by atoms with van der Waals surface area (Å²) < 4.78 is 27.2. The molecule has 0 radical (unpaired) electrons. The molecule has 0 heterocycles. The maximum atomic E-state index is 13.6. The number of benzene rings is 2. The fourth-order valence-electron chi connectivity index (χ4n) is 1.83. The molecule has 0 saturated carbocycles. The molecule has 0 aliphatic rings. The molecule has 0 bridgehead atoms. The minimum Gasteiger partial charge on any atom is -0.383 e. The van der Waals surface area contributed by atoms with Crippen LogP contribution in [0.5, 0.6) is 0 Å². The average Bonchev–Trinajstić information content (AvgIpc) is 2.32. The van der Waals surface area contributed by atoms with Gasteiger partial charge in [0.15, 0.2) is 0 Å². The first-order chi connectivity index (χ1) is 8.50. The maximum Gasteiger partial charge on any atom is 0.132 e. The van der Waals surface area contributed by atoms with E-state index in [1.54, 1.807) is 19.1 Å². The van der Waals surface area contributed by atoms with Gasteiger partial charge in [0.1, 0.15) is 17.7 Å². The second-order valence-electron chi connectivity index (χ2n) is 4.04. The van der Waals surface area contributed by atoms with E-state index in [2.05, 4.69) is 0 Å². The lowest BCUT2D eigenvalue weighted by molar-refractivity contribution is 0.208. The van der Waals surface area contributed by atoms with E-state index in [1.165, 1.54) is 12.1 Å². The van der Waals surface area contributed by atoms with Crippen LogP contribution < -0.4 is 0 Å². The minimum absolute atomic E-state index is 0.358. The summed E-state index contributed by atoms with van der Waals surface area (Å²) in [6.07, 6.45) is -1.37. The van der Waals surface area contributed by atoms with Gasteiger partial charge in [0.25, 0.3) is 0 Å². The Morgan fingerprint density at radius 2 is 1.72 bits per heavy atom. The molecule has 0 spiro atoms. The molecule has 0 saturated heterocycles. The van der Waals surface area contributed by atoms with Crippen LogP contribution in [0.2, 0.25) is 5.02 Å². The molecule has 0 fully saturated rings. The Morgan fingerprint density at radius 3 is 2.33 bits per heavy atom. The van der Waals surface area contributed by atoms with Gasteiger partial charge in [0, 0.05) is 5.02 Å². The normalized spacial score (nSPS) is 12.5. The highest BCUT2D eigenvalue weighted by Gasteiger charge is 2.21. The first kappa shape index (κ1) is 13.0. The Bertz CT molecular complexity index is 564. The van der Waals surface area contributed by atoms with Gasteiger partial charge in [0.05, 0.1) is 5.56 Å². The van der Waals surface area contributed by atoms with Gasteiger partial charge in [-0.2, -0.15) is 0 Å². The minimum atomic E-state index is -1.37. The Hall–Kier alpha value is -1.45. The summed E-state index contributed by atoms with van der Waals surface area (Å²) in [6.45, 7) is 1.74. The fraction of sp³-hybridized carbons (Fsp3) is 0.143. The number of hydrogen-bond donors (Lipinski definition) is 1. The van der Waals surface area contributed by atoms with Crippen molar-refractivity contribution in [3.8, 4) is 0 Å². The quantitative estimate of drug-likeness (QED) is 0.873. The highest BCUT2D eigenvalue weighted by molar-refractivity contribution is 6.30. The van der Waals surface area contributed by atoms with Crippen molar-refractivity contribution in [3.05, 3.63) is 69.7 Å². The zero-order chi connectivity index (χ0) is 13.3. The van der Waals surface area contributed by atoms with Crippen LogP contribution in [0.1, 0.15) is 22.8 Å². The third-order valence-corrected chi connectivity index (χ3v) is 3.04. The monoisotopic (exact) mass is 268 g/mol. The van der Waals surface area contributed by atoms with E-state index in [1.807, 2.05) is 0 Å². The van der Waals surface area contributed by atoms with E-state index >= 15 is 0 Å². The predicted octanol–water partition coefficient (Wildman–Crippen LogP) is 4.01. The fourth-order valence-corrected chi connectivity index (χ4v) is 2.01. The Kier molecular flexibility index (Phi) is 3.64. The summed E-state index contributed by atoms with van der Waals surface area (Å²) in [7, 11) is 0. The van der Waals surface area contributed by atoms with Gasteiger partial charge in [-0.05, 0) is 42.3 Å². The summed E-state index contributed by atoms with van der Waals surface area (Å²) in [4.78, 5) is 0. The van der Waals surface area contributed by atoms with E-state index in [9.17, 15) is 13.9 Å². The summed E-state index contributed by atoms with van der Waals surface area (Å²) >= 11 is 5.83. The average molecular weight is 269 g/mol. The summed E-state index contributed by atoms with van der Waals surface area (Å²) in [5.74, 6) is -1.55. The van der Waals surface area contributed by atoms with Crippen molar-refractivity contribution in [1.29, 1.82) is 0 Å². The third kappa shape index (κ3) is 2.37. The molecule has 2 rings (SSSR count). The van der Waals surface area contributed by atoms with Gasteiger partial charge in [-0.15, -0.1) is 0 Å². The van der Waals surface area contributed by atoms with Gasteiger partial charge < -0.3 is 5.11 Å². The molecule has 0 amide bonds. The van der Waals surface area contributed by atoms with Gasteiger partial charge in [-0.1, -0.05) is 23.7 Å². The van der Waals surface area contributed by atoms with E-state index in [4.69, 9.17) is 11.6 Å².